The van der Waals surface area contributed by atoms with Crippen LogP contribution in [0.1, 0.15) is 36.1 Å². The predicted octanol–water partition coefficient (Wildman–Crippen LogP) is 2.10. The minimum absolute atomic E-state index is 0.512. The summed E-state index contributed by atoms with van der Waals surface area (Å²) in [7, 11) is 0. The molecule has 2 heterocycles. The van der Waals surface area contributed by atoms with E-state index in [0.717, 1.165) is 44.0 Å². The zero-order chi connectivity index (χ0) is 13.1. The number of hydrogen-bond acceptors (Lipinski definition) is 3. The van der Waals surface area contributed by atoms with E-state index in [9.17, 15) is 0 Å². The normalized spacial score (nSPS) is 16.7. The topological polar surface area (TPSA) is 42.7 Å². The average molecular weight is 256 g/mol. The van der Waals surface area contributed by atoms with Gasteiger partial charge in [-0.25, -0.2) is 9.67 Å². The predicted molar refractivity (Wildman–Crippen MR) is 75.1 cm³/mol. The number of hydrogen-bond donors (Lipinski definition) is 1. The maximum atomic E-state index is 4.71. The highest BCUT2D eigenvalue weighted by Crippen LogP contribution is 2.19. The second kappa shape index (κ2) is 5.53. The lowest BCUT2D eigenvalue weighted by Crippen LogP contribution is -2.30. The van der Waals surface area contributed by atoms with Gasteiger partial charge in [-0.1, -0.05) is 30.3 Å². The number of nitrogens with zero attached hydrogens (tertiary/aromatic N) is 3. The summed E-state index contributed by atoms with van der Waals surface area (Å²) in [4.78, 5) is 4.61. The Bertz CT molecular complexity index is 526. The third-order valence-corrected chi connectivity index (χ3v) is 3.71. The van der Waals surface area contributed by atoms with Gasteiger partial charge in [0.2, 0.25) is 0 Å². The standard InChI is InChI=1S/C15H20N4/c1-12-17-15(11-13-5-3-2-4-6-13)18-19(12)14-7-9-16-10-8-14/h2-6,14,16H,7-11H2,1H3. The zero-order valence-corrected chi connectivity index (χ0v) is 11.3. The van der Waals surface area contributed by atoms with Crippen LogP contribution in [0.5, 0.6) is 0 Å². The van der Waals surface area contributed by atoms with Crippen LogP contribution in [0, 0.1) is 6.92 Å². The Kier molecular flexibility index (Phi) is 3.60. The number of aryl methyl sites for hydroxylation is 1. The van der Waals surface area contributed by atoms with Crippen LogP contribution in [-0.4, -0.2) is 27.9 Å². The number of nitrogens with one attached hydrogen (secondary N) is 1. The summed E-state index contributed by atoms with van der Waals surface area (Å²) in [6, 6.07) is 10.9. The van der Waals surface area contributed by atoms with Crippen LogP contribution in [-0.2, 0) is 6.42 Å². The Morgan fingerprint density at radius 3 is 2.68 bits per heavy atom. The van der Waals surface area contributed by atoms with Crippen LogP contribution in [0.15, 0.2) is 30.3 Å². The molecule has 0 atom stereocenters. The molecule has 0 unspecified atom stereocenters. The van der Waals surface area contributed by atoms with Crippen molar-refractivity contribution in [1.29, 1.82) is 0 Å². The SMILES string of the molecule is Cc1nc(Cc2ccccc2)nn1C1CCNCC1. The van der Waals surface area contributed by atoms with Gasteiger partial charge < -0.3 is 5.32 Å². The molecular formula is C15H20N4. The number of benzene rings is 1. The molecule has 0 aliphatic carbocycles. The minimum atomic E-state index is 0.512. The highest BCUT2D eigenvalue weighted by molar-refractivity contribution is 5.18. The Balaban J connectivity index is 1.77. The first-order valence-electron chi connectivity index (χ1n) is 6.99. The third kappa shape index (κ3) is 2.84. The molecule has 1 aliphatic rings. The molecule has 19 heavy (non-hydrogen) atoms. The van der Waals surface area contributed by atoms with Gasteiger partial charge >= 0.3 is 0 Å². The fraction of sp³-hybridized carbons (Fsp3) is 0.467. The molecule has 0 bridgehead atoms. The summed E-state index contributed by atoms with van der Waals surface area (Å²) in [5, 5.41) is 8.10. The smallest absolute Gasteiger partial charge is 0.155 e. The fourth-order valence-corrected chi connectivity index (χ4v) is 2.71. The van der Waals surface area contributed by atoms with Gasteiger partial charge in [0.25, 0.3) is 0 Å². The highest BCUT2D eigenvalue weighted by atomic mass is 15.4. The zero-order valence-electron chi connectivity index (χ0n) is 11.3. The van der Waals surface area contributed by atoms with Gasteiger partial charge in [-0.2, -0.15) is 5.10 Å². The molecule has 0 radical (unpaired) electrons. The van der Waals surface area contributed by atoms with E-state index in [2.05, 4.69) is 46.2 Å². The van der Waals surface area contributed by atoms with Crippen molar-refractivity contribution >= 4 is 0 Å². The van der Waals surface area contributed by atoms with Crippen molar-refractivity contribution in [3.63, 3.8) is 0 Å². The first kappa shape index (κ1) is 12.4. The maximum Gasteiger partial charge on any atom is 0.155 e. The lowest BCUT2D eigenvalue weighted by atomic mass is 10.1. The van der Waals surface area contributed by atoms with Crippen LogP contribution in [0.3, 0.4) is 0 Å². The molecule has 3 rings (SSSR count). The summed E-state index contributed by atoms with van der Waals surface area (Å²) < 4.78 is 2.12. The van der Waals surface area contributed by atoms with Crippen LogP contribution in [0.25, 0.3) is 0 Å². The van der Waals surface area contributed by atoms with Gasteiger partial charge in [0, 0.05) is 6.42 Å². The average Bonchev–Trinajstić information content (AvgIpc) is 2.82. The van der Waals surface area contributed by atoms with Gasteiger partial charge in [-0.05, 0) is 38.4 Å². The Labute approximate surface area is 113 Å². The third-order valence-electron chi connectivity index (χ3n) is 3.71. The van der Waals surface area contributed by atoms with E-state index in [4.69, 9.17) is 5.10 Å². The largest absolute Gasteiger partial charge is 0.317 e. The second-order valence-electron chi connectivity index (χ2n) is 5.16. The summed E-state index contributed by atoms with van der Waals surface area (Å²) in [6.07, 6.45) is 3.11. The molecule has 0 spiro atoms. The molecule has 1 aliphatic heterocycles. The lowest BCUT2D eigenvalue weighted by Gasteiger charge is -2.23. The summed E-state index contributed by atoms with van der Waals surface area (Å²) in [5.41, 5.74) is 1.27. The second-order valence-corrected chi connectivity index (χ2v) is 5.16. The molecular weight excluding hydrogens is 236 g/mol. The number of rotatable bonds is 3. The number of aromatic nitrogens is 3. The van der Waals surface area contributed by atoms with E-state index < -0.39 is 0 Å². The maximum absolute atomic E-state index is 4.71. The molecule has 1 saturated heterocycles. The lowest BCUT2D eigenvalue weighted by molar-refractivity contribution is 0.336. The van der Waals surface area contributed by atoms with Crippen molar-refractivity contribution in [2.45, 2.75) is 32.2 Å². The molecule has 4 nitrogen and oxygen atoms in total. The van der Waals surface area contributed by atoms with E-state index in [1.165, 1.54) is 5.56 Å². The van der Waals surface area contributed by atoms with E-state index in [-0.39, 0.29) is 0 Å². The first-order valence-corrected chi connectivity index (χ1v) is 6.99. The van der Waals surface area contributed by atoms with Crippen molar-refractivity contribution in [2.75, 3.05) is 13.1 Å². The van der Waals surface area contributed by atoms with Crippen LogP contribution in [0.4, 0.5) is 0 Å². The Hall–Kier alpha value is -1.68. The van der Waals surface area contributed by atoms with Crippen LogP contribution in [0.2, 0.25) is 0 Å². The van der Waals surface area contributed by atoms with E-state index in [0.29, 0.717) is 6.04 Å². The van der Waals surface area contributed by atoms with Gasteiger partial charge in [0.1, 0.15) is 5.82 Å². The molecule has 1 N–H and O–H groups in total. The molecule has 4 heteroatoms. The van der Waals surface area contributed by atoms with Crippen molar-refractivity contribution in [2.24, 2.45) is 0 Å². The Morgan fingerprint density at radius 1 is 1.21 bits per heavy atom. The minimum Gasteiger partial charge on any atom is -0.317 e. The first-order chi connectivity index (χ1) is 9.33. The van der Waals surface area contributed by atoms with E-state index in [1.807, 2.05) is 6.07 Å². The van der Waals surface area contributed by atoms with Gasteiger partial charge in [0.05, 0.1) is 6.04 Å². The molecule has 2 aromatic rings. The summed E-state index contributed by atoms with van der Waals surface area (Å²) >= 11 is 0. The summed E-state index contributed by atoms with van der Waals surface area (Å²) in [5.74, 6) is 1.97. The van der Waals surface area contributed by atoms with Crippen LogP contribution >= 0.6 is 0 Å². The molecule has 0 saturated carbocycles. The molecule has 1 aromatic carbocycles. The Morgan fingerprint density at radius 2 is 1.95 bits per heavy atom. The van der Waals surface area contributed by atoms with Crippen LogP contribution < -0.4 is 5.32 Å². The molecule has 100 valence electrons. The monoisotopic (exact) mass is 256 g/mol. The van der Waals surface area contributed by atoms with Crippen molar-refractivity contribution in [3.8, 4) is 0 Å². The van der Waals surface area contributed by atoms with Gasteiger partial charge in [-0.15, -0.1) is 0 Å². The van der Waals surface area contributed by atoms with E-state index in [1.54, 1.807) is 0 Å². The highest BCUT2D eigenvalue weighted by Gasteiger charge is 2.18. The molecule has 1 aromatic heterocycles. The van der Waals surface area contributed by atoms with Gasteiger partial charge in [0.15, 0.2) is 5.82 Å². The molecule has 1 fully saturated rings. The van der Waals surface area contributed by atoms with Gasteiger partial charge in [-0.3, -0.25) is 0 Å². The van der Waals surface area contributed by atoms with E-state index >= 15 is 0 Å². The molecule has 0 amide bonds. The number of piperidine rings is 1. The quantitative estimate of drug-likeness (QED) is 0.914. The fourth-order valence-electron chi connectivity index (χ4n) is 2.71. The van der Waals surface area contributed by atoms with Crippen molar-refractivity contribution in [1.82, 2.24) is 20.1 Å². The summed E-state index contributed by atoms with van der Waals surface area (Å²) in [6.45, 7) is 4.22. The van der Waals surface area contributed by atoms with Crippen molar-refractivity contribution in [3.05, 3.63) is 47.5 Å². The van der Waals surface area contributed by atoms with Crippen molar-refractivity contribution < 1.29 is 0 Å².